The second-order valence-corrected chi connectivity index (χ2v) is 8.62. The van der Waals surface area contributed by atoms with Gasteiger partial charge in [0.25, 0.3) is 15.7 Å². The van der Waals surface area contributed by atoms with Crippen LogP contribution in [0, 0.1) is 17.0 Å². The van der Waals surface area contributed by atoms with Crippen molar-refractivity contribution in [2.45, 2.75) is 17.7 Å². The number of nitro groups is 1. The van der Waals surface area contributed by atoms with E-state index < -0.39 is 20.6 Å². The van der Waals surface area contributed by atoms with Crippen LogP contribution in [0.5, 0.6) is 0 Å². The predicted molar refractivity (Wildman–Crippen MR) is 76.9 cm³/mol. The van der Waals surface area contributed by atoms with Crippen LogP contribution in [0.3, 0.4) is 0 Å². The Hall–Kier alpha value is -1.07. The molecule has 0 bridgehead atoms. The van der Waals surface area contributed by atoms with Crippen molar-refractivity contribution in [1.82, 2.24) is 9.71 Å². The molecule has 2 heterocycles. The first kappa shape index (κ1) is 15.3. The van der Waals surface area contributed by atoms with Crippen LogP contribution in [0.25, 0.3) is 0 Å². The highest BCUT2D eigenvalue weighted by Crippen LogP contribution is 2.36. The van der Waals surface area contributed by atoms with E-state index in [1.807, 2.05) is 6.92 Å². The van der Waals surface area contributed by atoms with Gasteiger partial charge in [-0.1, -0.05) is 11.6 Å². The maximum absolute atomic E-state index is 12.0. The number of sulfonamides is 1. The Bertz CT molecular complexity index is 752. The number of aromatic nitrogens is 1. The van der Waals surface area contributed by atoms with Gasteiger partial charge in [-0.2, -0.15) is 0 Å². The SMILES string of the molecule is Cc1ncc(CNS(=O)(=O)c2cc([N+](=O)[O-])c(Cl)s2)s1. The van der Waals surface area contributed by atoms with Crippen LogP contribution in [-0.4, -0.2) is 18.3 Å². The van der Waals surface area contributed by atoms with E-state index in [0.29, 0.717) is 11.3 Å². The van der Waals surface area contributed by atoms with Gasteiger partial charge in [-0.3, -0.25) is 10.1 Å². The van der Waals surface area contributed by atoms with E-state index in [2.05, 4.69) is 9.71 Å². The summed E-state index contributed by atoms with van der Waals surface area (Å²) in [5.41, 5.74) is -0.411. The molecule has 20 heavy (non-hydrogen) atoms. The third-order valence-corrected chi connectivity index (χ3v) is 6.34. The van der Waals surface area contributed by atoms with Crippen LogP contribution in [0.1, 0.15) is 9.88 Å². The Balaban J connectivity index is 2.18. The number of halogens is 1. The van der Waals surface area contributed by atoms with Crippen LogP contribution in [-0.2, 0) is 16.6 Å². The molecule has 1 N–H and O–H groups in total. The van der Waals surface area contributed by atoms with Crippen molar-refractivity contribution >= 4 is 50.0 Å². The third kappa shape index (κ3) is 3.33. The van der Waals surface area contributed by atoms with Gasteiger partial charge in [0.1, 0.15) is 4.21 Å². The smallest absolute Gasteiger partial charge is 0.258 e. The summed E-state index contributed by atoms with van der Waals surface area (Å²) >= 11 is 7.66. The van der Waals surface area contributed by atoms with E-state index in [0.717, 1.165) is 16.0 Å². The van der Waals surface area contributed by atoms with Crippen LogP contribution < -0.4 is 4.72 Å². The summed E-state index contributed by atoms with van der Waals surface area (Å²) in [5.74, 6) is 0. The Morgan fingerprint density at radius 1 is 1.50 bits per heavy atom. The second kappa shape index (κ2) is 5.74. The lowest BCUT2D eigenvalue weighted by molar-refractivity contribution is -0.384. The minimum absolute atomic E-state index is 0.0805. The molecule has 11 heteroatoms. The van der Waals surface area contributed by atoms with E-state index in [1.54, 1.807) is 6.20 Å². The number of hydrogen-bond acceptors (Lipinski definition) is 7. The van der Waals surface area contributed by atoms with Crippen molar-refractivity contribution in [3.05, 3.63) is 36.6 Å². The molecule has 2 aromatic rings. The number of aryl methyl sites for hydroxylation is 1. The van der Waals surface area contributed by atoms with E-state index in [9.17, 15) is 18.5 Å². The largest absolute Gasteiger partial charge is 0.300 e. The fraction of sp³-hybridized carbons (Fsp3) is 0.222. The van der Waals surface area contributed by atoms with Gasteiger partial charge in [0.15, 0.2) is 4.34 Å². The molecule has 0 aliphatic heterocycles. The van der Waals surface area contributed by atoms with Gasteiger partial charge in [-0.15, -0.1) is 22.7 Å². The van der Waals surface area contributed by atoms with Gasteiger partial charge >= 0.3 is 0 Å². The van der Waals surface area contributed by atoms with Gasteiger partial charge in [-0.25, -0.2) is 18.1 Å². The molecular weight excluding hydrogens is 346 g/mol. The number of thiazole rings is 1. The zero-order chi connectivity index (χ0) is 14.9. The predicted octanol–water partition coefficient (Wildman–Crippen LogP) is 2.55. The molecule has 0 aromatic carbocycles. The maximum Gasteiger partial charge on any atom is 0.300 e. The van der Waals surface area contributed by atoms with Crippen molar-refractivity contribution in [2.24, 2.45) is 0 Å². The quantitative estimate of drug-likeness (QED) is 0.657. The minimum Gasteiger partial charge on any atom is -0.258 e. The van der Waals surface area contributed by atoms with Gasteiger partial charge in [0, 0.05) is 23.7 Å². The summed E-state index contributed by atoms with van der Waals surface area (Å²) in [6.07, 6.45) is 1.58. The van der Waals surface area contributed by atoms with Crippen molar-refractivity contribution in [2.75, 3.05) is 0 Å². The number of nitrogens with zero attached hydrogens (tertiary/aromatic N) is 2. The zero-order valence-electron chi connectivity index (χ0n) is 9.99. The monoisotopic (exact) mass is 353 g/mol. The molecule has 0 radical (unpaired) electrons. The van der Waals surface area contributed by atoms with Gasteiger partial charge in [-0.05, 0) is 6.92 Å². The summed E-state index contributed by atoms with van der Waals surface area (Å²) in [6, 6.07) is 0.952. The number of rotatable bonds is 5. The molecular formula is C9H8ClN3O4S3. The highest BCUT2D eigenvalue weighted by molar-refractivity contribution is 7.91. The van der Waals surface area contributed by atoms with Gasteiger partial charge < -0.3 is 0 Å². The normalized spacial score (nSPS) is 11.7. The van der Waals surface area contributed by atoms with E-state index in [4.69, 9.17) is 11.6 Å². The first-order valence-electron chi connectivity index (χ1n) is 5.14. The summed E-state index contributed by atoms with van der Waals surface area (Å²) < 4.78 is 26.0. The molecule has 0 fully saturated rings. The number of nitrogens with one attached hydrogen (secondary N) is 1. The van der Waals surface area contributed by atoms with Crippen LogP contribution >= 0.6 is 34.3 Å². The average molecular weight is 354 g/mol. The van der Waals surface area contributed by atoms with Crippen molar-refractivity contribution in [3.63, 3.8) is 0 Å². The fourth-order valence-electron chi connectivity index (χ4n) is 1.32. The molecule has 0 amide bonds. The molecule has 0 spiro atoms. The zero-order valence-corrected chi connectivity index (χ0v) is 13.2. The summed E-state index contributed by atoms with van der Waals surface area (Å²) in [5, 5.41) is 11.5. The minimum atomic E-state index is -3.83. The Morgan fingerprint density at radius 2 is 2.20 bits per heavy atom. The first-order valence-corrected chi connectivity index (χ1v) is 8.63. The van der Waals surface area contributed by atoms with Gasteiger partial charge in [0.2, 0.25) is 0 Å². The highest BCUT2D eigenvalue weighted by atomic mass is 35.5. The van der Waals surface area contributed by atoms with Crippen molar-refractivity contribution in [1.29, 1.82) is 0 Å². The third-order valence-electron chi connectivity index (χ3n) is 2.21. The van der Waals surface area contributed by atoms with E-state index in [1.165, 1.54) is 11.3 Å². The molecule has 0 atom stereocenters. The van der Waals surface area contributed by atoms with E-state index in [-0.39, 0.29) is 15.1 Å². The molecule has 7 nitrogen and oxygen atoms in total. The molecule has 0 aliphatic rings. The van der Waals surface area contributed by atoms with Crippen LogP contribution in [0.4, 0.5) is 5.69 Å². The lowest BCUT2D eigenvalue weighted by Crippen LogP contribution is -2.21. The highest BCUT2D eigenvalue weighted by Gasteiger charge is 2.25. The standard InChI is InChI=1S/C9H8ClN3O4S3/c1-5-11-3-6(18-5)4-12-20(16,17)8-2-7(13(14)15)9(10)19-8/h2-3,12H,4H2,1H3. The molecule has 108 valence electrons. The molecule has 2 rings (SSSR count). The van der Waals surface area contributed by atoms with Gasteiger partial charge in [0.05, 0.1) is 9.93 Å². The van der Waals surface area contributed by atoms with Crippen LogP contribution in [0.2, 0.25) is 4.34 Å². The number of hydrogen-bond donors (Lipinski definition) is 1. The fourth-order valence-corrected chi connectivity index (χ4v) is 4.86. The Morgan fingerprint density at radius 3 is 2.70 bits per heavy atom. The molecule has 2 aromatic heterocycles. The molecule has 0 unspecified atom stereocenters. The topological polar surface area (TPSA) is 102 Å². The maximum atomic E-state index is 12.0. The average Bonchev–Trinajstić information content (AvgIpc) is 2.93. The first-order chi connectivity index (χ1) is 9.29. The van der Waals surface area contributed by atoms with Crippen molar-refractivity contribution < 1.29 is 13.3 Å². The Labute approximate surface area is 127 Å². The number of thiophene rings is 1. The summed E-state index contributed by atoms with van der Waals surface area (Å²) in [4.78, 5) is 14.7. The molecule has 0 aliphatic carbocycles. The molecule has 0 saturated heterocycles. The van der Waals surface area contributed by atoms with Crippen molar-refractivity contribution in [3.8, 4) is 0 Å². The molecule has 0 saturated carbocycles. The summed E-state index contributed by atoms with van der Waals surface area (Å²) in [7, 11) is -3.83. The Kier molecular flexibility index (Phi) is 4.39. The summed E-state index contributed by atoms with van der Waals surface area (Å²) in [6.45, 7) is 1.89. The van der Waals surface area contributed by atoms with Crippen LogP contribution in [0.15, 0.2) is 16.5 Å². The van der Waals surface area contributed by atoms with E-state index >= 15 is 0 Å². The lowest BCUT2D eigenvalue weighted by atomic mass is 10.6. The lowest BCUT2D eigenvalue weighted by Gasteiger charge is -2.01. The second-order valence-electron chi connectivity index (χ2n) is 3.65.